The topological polar surface area (TPSA) is 35.5 Å². The molecule has 0 saturated carbocycles. The van der Waals surface area contributed by atoms with Gasteiger partial charge in [0.05, 0.1) is 13.0 Å². The number of methoxy groups -OCH3 is 1. The molecule has 0 aromatic heterocycles. The van der Waals surface area contributed by atoms with Gasteiger partial charge in [0.15, 0.2) is 0 Å². The van der Waals surface area contributed by atoms with Crippen molar-refractivity contribution in [2.45, 2.75) is 12.8 Å². The third kappa shape index (κ3) is 6.12. The van der Waals surface area contributed by atoms with E-state index in [4.69, 9.17) is 9.47 Å². The molecule has 144 valence electrons. The number of rotatable bonds is 5. The van der Waals surface area contributed by atoms with Crippen molar-refractivity contribution in [2.75, 3.05) is 7.11 Å². The Hall–Kier alpha value is -3.77. The molecule has 1 atom stereocenters. The number of hydrogen-bond acceptors (Lipinski definition) is 3. The highest BCUT2D eigenvalue weighted by molar-refractivity contribution is 5.69. The van der Waals surface area contributed by atoms with Crippen LogP contribution in [0.3, 0.4) is 0 Å². The van der Waals surface area contributed by atoms with E-state index in [0.29, 0.717) is 5.75 Å². The van der Waals surface area contributed by atoms with E-state index in [1.807, 2.05) is 72.8 Å². The van der Waals surface area contributed by atoms with Crippen LogP contribution in [-0.2, 0) is 4.79 Å². The van der Waals surface area contributed by atoms with Crippen LogP contribution in [0, 0.1) is 11.8 Å². The Morgan fingerprint density at radius 3 is 2.17 bits per heavy atom. The Labute approximate surface area is 171 Å². The van der Waals surface area contributed by atoms with E-state index in [-0.39, 0.29) is 11.9 Å². The monoisotopic (exact) mass is 382 g/mol. The lowest BCUT2D eigenvalue weighted by Crippen LogP contribution is -2.00. The fourth-order valence-corrected chi connectivity index (χ4v) is 2.76. The van der Waals surface area contributed by atoms with Crippen LogP contribution in [0.25, 0.3) is 6.08 Å². The summed E-state index contributed by atoms with van der Waals surface area (Å²) in [7, 11) is 1.65. The number of benzene rings is 3. The molecule has 0 aliphatic rings. The molecule has 0 saturated heterocycles. The minimum absolute atomic E-state index is 0.0748. The predicted octanol–water partition coefficient (Wildman–Crippen LogP) is 5.47. The molecule has 3 heteroatoms. The molecule has 0 fully saturated rings. The molecule has 0 heterocycles. The number of esters is 1. The summed E-state index contributed by atoms with van der Waals surface area (Å²) in [6.45, 7) is 1.39. The minimum Gasteiger partial charge on any atom is -0.497 e. The standard InChI is InChI=1S/C26H22O3/c1-20(27)29-26-16-10-22(11-17-26)9-13-23(12-8-21-6-4-3-5-7-21)24-14-18-25(28-2)19-15-24/h3-7,9-11,13-19,23H,1-2H3/b13-9+. The third-order valence-corrected chi connectivity index (χ3v) is 4.24. The number of allylic oxidation sites excluding steroid dienone is 1. The zero-order chi connectivity index (χ0) is 20.5. The maximum Gasteiger partial charge on any atom is 0.308 e. The fourth-order valence-electron chi connectivity index (χ4n) is 2.76. The zero-order valence-corrected chi connectivity index (χ0v) is 16.5. The molecule has 0 aliphatic carbocycles. The summed E-state index contributed by atoms with van der Waals surface area (Å²) in [6, 6.07) is 25.2. The van der Waals surface area contributed by atoms with E-state index in [0.717, 1.165) is 22.4 Å². The summed E-state index contributed by atoms with van der Waals surface area (Å²) in [5.41, 5.74) is 3.06. The summed E-state index contributed by atoms with van der Waals surface area (Å²) >= 11 is 0. The quantitative estimate of drug-likeness (QED) is 0.333. The second kappa shape index (κ2) is 9.96. The maximum atomic E-state index is 11.0. The van der Waals surface area contributed by atoms with E-state index in [1.54, 1.807) is 19.2 Å². The molecular formula is C26H22O3. The molecule has 3 nitrogen and oxygen atoms in total. The van der Waals surface area contributed by atoms with Gasteiger partial charge in [-0.15, -0.1) is 0 Å². The van der Waals surface area contributed by atoms with Crippen LogP contribution in [0.1, 0.15) is 29.5 Å². The average Bonchev–Trinajstić information content (AvgIpc) is 2.75. The van der Waals surface area contributed by atoms with Crippen LogP contribution in [0.4, 0.5) is 0 Å². The largest absolute Gasteiger partial charge is 0.497 e. The molecular weight excluding hydrogens is 360 g/mol. The Morgan fingerprint density at radius 2 is 1.55 bits per heavy atom. The summed E-state index contributed by atoms with van der Waals surface area (Å²) in [6.07, 6.45) is 4.09. The van der Waals surface area contributed by atoms with Crippen LogP contribution >= 0.6 is 0 Å². The summed E-state index contributed by atoms with van der Waals surface area (Å²) in [4.78, 5) is 11.0. The Morgan fingerprint density at radius 1 is 0.897 bits per heavy atom. The maximum absolute atomic E-state index is 11.0. The number of hydrogen-bond donors (Lipinski definition) is 0. The van der Waals surface area contributed by atoms with Gasteiger partial charge < -0.3 is 9.47 Å². The summed E-state index contributed by atoms with van der Waals surface area (Å²) in [5.74, 6) is 7.54. The van der Waals surface area contributed by atoms with Crippen LogP contribution in [0.15, 0.2) is 84.9 Å². The van der Waals surface area contributed by atoms with Gasteiger partial charge in [-0.05, 0) is 47.5 Å². The molecule has 0 aliphatic heterocycles. The molecule has 1 unspecified atom stereocenters. The van der Waals surface area contributed by atoms with Crippen molar-refractivity contribution in [3.8, 4) is 23.3 Å². The fraction of sp³-hybridized carbons (Fsp3) is 0.115. The summed E-state index contributed by atoms with van der Waals surface area (Å²) in [5, 5.41) is 0. The molecule has 3 aromatic carbocycles. The van der Waals surface area contributed by atoms with Crippen molar-refractivity contribution in [3.05, 3.63) is 102 Å². The first kappa shape index (κ1) is 20.0. The molecule has 0 bridgehead atoms. The third-order valence-electron chi connectivity index (χ3n) is 4.24. The van der Waals surface area contributed by atoms with Crippen molar-refractivity contribution in [1.82, 2.24) is 0 Å². The first-order valence-electron chi connectivity index (χ1n) is 9.31. The van der Waals surface area contributed by atoms with Crippen molar-refractivity contribution < 1.29 is 14.3 Å². The van der Waals surface area contributed by atoms with Gasteiger partial charge in [-0.3, -0.25) is 4.79 Å². The number of carbonyl (C=O) groups excluding carboxylic acids is 1. The first-order chi connectivity index (χ1) is 14.1. The van der Waals surface area contributed by atoms with Crippen molar-refractivity contribution in [1.29, 1.82) is 0 Å². The van der Waals surface area contributed by atoms with Crippen molar-refractivity contribution in [2.24, 2.45) is 0 Å². The molecule has 0 radical (unpaired) electrons. The van der Waals surface area contributed by atoms with Crippen LogP contribution < -0.4 is 9.47 Å². The SMILES string of the molecule is COc1ccc(C(C#Cc2ccccc2)/C=C/c2ccc(OC(C)=O)cc2)cc1. The normalized spacial score (nSPS) is 11.4. The predicted molar refractivity (Wildman–Crippen MR) is 116 cm³/mol. The Kier molecular flexibility index (Phi) is 6.86. The van der Waals surface area contributed by atoms with Gasteiger partial charge >= 0.3 is 5.97 Å². The van der Waals surface area contributed by atoms with Crippen molar-refractivity contribution >= 4 is 12.0 Å². The van der Waals surface area contributed by atoms with Gasteiger partial charge in [0.1, 0.15) is 11.5 Å². The number of ether oxygens (including phenoxy) is 2. The highest BCUT2D eigenvalue weighted by Crippen LogP contribution is 2.22. The van der Waals surface area contributed by atoms with E-state index in [9.17, 15) is 4.79 Å². The van der Waals surface area contributed by atoms with Gasteiger partial charge in [0.2, 0.25) is 0 Å². The lowest BCUT2D eigenvalue weighted by Gasteiger charge is -2.08. The van der Waals surface area contributed by atoms with E-state index >= 15 is 0 Å². The average molecular weight is 382 g/mol. The van der Waals surface area contributed by atoms with Gasteiger partial charge in [0, 0.05) is 12.5 Å². The van der Waals surface area contributed by atoms with Crippen LogP contribution in [-0.4, -0.2) is 13.1 Å². The smallest absolute Gasteiger partial charge is 0.308 e. The summed E-state index contributed by atoms with van der Waals surface area (Å²) < 4.78 is 10.3. The van der Waals surface area contributed by atoms with Gasteiger partial charge in [0.25, 0.3) is 0 Å². The molecule has 29 heavy (non-hydrogen) atoms. The lowest BCUT2D eigenvalue weighted by molar-refractivity contribution is -0.131. The minimum atomic E-state index is -0.330. The van der Waals surface area contributed by atoms with Crippen molar-refractivity contribution in [3.63, 3.8) is 0 Å². The molecule has 3 rings (SSSR count). The molecule has 0 amide bonds. The van der Waals surface area contributed by atoms with Crippen LogP contribution in [0.5, 0.6) is 11.5 Å². The lowest BCUT2D eigenvalue weighted by atomic mass is 9.97. The zero-order valence-electron chi connectivity index (χ0n) is 16.5. The van der Waals surface area contributed by atoms with E-state index in [1.165, 1.54) is 6.92 Å². The number of carbonyl (C=O) groups is 1. The van der Waals surface area contributed by atoms with E-state index < -0.39 is 0 Å². The second-order valence-electron chi connectivity index (χ2n) is 6.41. The van der Waals surface area contributed by atoms with Gasteiger partial charge in [-0.1, -0.05) is 66.5 Å². The highest BCUT2D eigenvalue weighted by atomic mass is 16.5. The van der Waals surface area contributed by atoms with Crippen LogP contribution in [0.2, 0.25) is 0 Å². The van der Waals surface area contributed by atoms with Gasteiger partial charge in [-0.2, -0.15) is 0 Å². The second-order valence-corrected chi connectivity index (χ2v) is 6.41. The van der Waals surface area contributed by atoms with Gasteiger partial charge in [-0.25, -0.2) is 0 Å². The van der Waals surface area contributed by atoms with E-state index in [2.05, 4.69) is 17.9 Å². The first-order valence-corrected chi connectivity index (χ1v) is 9.31. The Bertz CT molecular complexity index is 1020. The Balaban J connectivity index is 1.85. The molecule has 0 spiro atoms. The molecule has 0 N–H and O–H groups in total. The molecule has 3 aromatic rings. The highest BCUT2D eigenvalue weighted by Gasteiger charge is 2.05.